The standard InChI is InChI=1S/C11H11N3O2S/c1-8-2-3-9(6-10(8)14(15)16)7-13-11-12-4-5-17-11/h2-6H,7H2,1H3,(H,12,13). The third-order valence-electron chi connectivity index (χ3n) is 2.35. The van der Waals surface area contributed by atoms with Crippen LogP contribution in [0.4, 0.5) is 10.8 Å². The van der Waals surface area contributed by atoms with Crippen molar-refractivity contribution in [3.05, 3.63) is 51.0 Å². The lowest BCUT2D eigenvalue weighted by atomic mass is 10.1. The van der Waals surface area contributed by atoms with Crippen LogP contribution in [0.25, 0.3) is 0 Å². The summed E-state index contributed by atoms with van der Waals surface area (Å²) in [6.45, 7) is 2.27. The van der Waals surface area contributed by atoms with Crippen LogP contribution in [0, 0.1) is 17.0 Å². The Hall–Kier alpha value is -1.95. The average Bonchev–Trinajstić information content (AvgIpc) is 2.80. The molecule has 6 heteroatoms. The molecule has 0 amide bonds. The minimum absolute atomic E-state index is 0.156. The SMILES string of the molecule is Cc1ccc(CNc2nccs2)cc1[N+](=O)[O-]. The molecule has 1 aromatic carbocycles. The van der Waals surface area contributed by atoms with Crippen molar-refractivity contribution in [2.75, 3.05) is 5.32 Å². The molecule has 1 N–H and O–H groups in total. The number of rotatable bonds is 4. The molecule has 0 atom stereocenters. The Morgan fingerprint density at radius 1 is 1.53 bits per heavy atom. The Kier molecular flexibility index (Phi) is 3.34. The molecule has 88 valence electrons. The van der Waals surface area contributed by atoms with Gasteiger partial charge < -0.3 is 5.32 Å². The Bertz CT molecular complexity index is 526. The van der Waals surface area contributed by atoms with E-state index >= 15 is 0 Å². The van der Waals surface area contributed by atoms with Crippen LogP contribution in [0.5, 0.6) is 0 Å². The predicted octanol–water partition coefficient (Wildman–Crippen LogP) is 2.97. The normalized spacial score (nSPS) is 10.2. The summed E-state index contributed by atoms with van der Waals surface area (Å²) in [5, 5.41) is 16.6. The number of hydrogen-bond acceptors (Lipinski definition) is 5. The van der Waals surface area contributed by atoms with Gasteiger partial charge >= 0.3 is 0 Å². The Morgan fingerprint density at radius 2 is 2.35 bits per heavy atom. The first-order valence-corrected chi connectivity index (χ1v) is 5.92. The van der Waals surface area contributed by atoms with E-state index in [1.807, 2.05) is 11.4 Å². The lowest BCUT2D eigenvalue weighted by molar-refractivity contribution is -0.385. The number of anilines is 1. The smallest absolute Gasteiger partial charge is 0.272 e. The molecule has 2 aromatic rings. The van der Waals surface area contributed by atoms with Crippen molar-refractivity contribution in [2.24, 2.45) is 0 Å². The van der Waals surface area contributed by atoms with E-state index in [0.717, 1.165) is 10.7 Å². The number of benzene rings is 1. The van der Waals surface area contributed by atoms with Crippen molar-refractivity contribution in [1.29, 1.82) is 0 Å². The van der Waals surface area contributed by atoms with Crippen LogP contribution >= 0.6 is 11.3 Å². The van der Waals surface area contributed by atoms with Gasteiger partial charge in [-0.15, -0.1) is 11.3 Å². The van der Waals surface area contributed by atoms with Gasteiger partial charge in [0.1, 0.15) is 0 Å². The van der Waals surface area contributed by atoms with Crippen molar-refractivity contribution in [3.8, 4) is 0 Å². The second kappa shape index (κ2) is 4.92. The largest absolute Gasteiger partial charge is 0.357 e. The molecule has 0 bridgehead atoms. The van der Waals surface area contributed by atoms with E-state index in [9.17, 15) is 10.1 Å². The van der Waals surface area contributed by atoms with Gasteiger partial charge in [0.2, 0.25) is 0 Å². The maximum atomic E-state index is 10.8. The summed E-state index contributed by atoms with van der Waals surface area (Å²) in [5.74, 6) is 0. The first kappa shape index (κ1) is 11.5. The van der Waals surface area contributed by atoms with E-state index in [2.05, 4.69) is 10.3 Å². The van der Waals surface area contributed by atoms with Crippen LogP contribution in [0.1, 0.15) is 11.1 Å². The Morgan fingerprint density at radius 3 is 3.00 bits per heavy atom. The lowest BCUT2D eigenvalue weighted by Crippen LogP contribution is -2.00. The Labute approximate surface area is 102 Å². The molecule has 0 unspecified atom stereocenters. The molecular formula is C11H11N3O2S. The molecule has 0 saturated carbocycles. The summed E-state index contributed by atoms with van der Waals surface area (Å²) >= 11 is 1.50. The molecule has 2 rings (SSSR count). The summed E-state index contributed by atoms with van der Waals surface area (Å²) in [4.78, 5) is 14.5. The fourth-order valence-electron chi connectivity index (χ4n) is 1.45. The highest BCUT2D eigenvalue weighted by molar-refractivity contribution is 7.13. The first-order valence-electron chi connectivity index (χ1n) is 5.04. The van der Waals surface area contributed by atoms with E-state index in [4.69, 9.17) is 0 Å². The van der Waals surface area contributed by atoms with E-state index < -0.39 is 0 Å². The number of nitro benzene ring substituents is 1. The molecule has 1 aromatic heterocycles. The van der Waals surface area contributed by atoms with Gasteiger partial charge in [0.05, 0.1) is 4.92 Å². The minimum atomic E-state index is -0.359. The van der Waals surface area contributed by atoms with E-state index in [1.54, 1.807) is 25.3 Å². The second-order valence-corrected chi connectivity index (χ2v) is 4.46. The number of nitro groups is 1. The van der Waals surface area contributed by atoms with Gasteiger partial charge in [-0.1, -0.05) is 12.1 Å². The monoisotopic (exact) mass is 249 g/mol. The second-order valence-electron chi connectivity index (χ2n) is 3.57. The van der Waals surface area contributed by atoms with Gasteiger partial charge in [-0.2, -0.15) is 0 Å². The lowest BCUT2D eigenvalue weighted by Gasteiger charge is -2.04. The molecule has 0 fully saturated rings. The zero-order valence-corrected chi connectivity index (χ0v) is 10.0. The van der Waals surface area contributed by atoms with E-state index in [0.29, 0.717) is 12.1 Å². The molecule has 0 saturated heterocycles. The third kappa shape index (κ3) is 2.79. The first-order chi connectivity index (χ1) is 8.16. The third-order valence-corrected chi connectivity index (χ3v) is 3.08. The van der Waals surface area contributed by atoms with Crippen molar-refractivity contribution in [1.82, 2.24) is 4.98 Å². The fraction of sp³-hybridized carbons (Fsp3) is 0.182. The number of aryl methyl sites for hydroxylation is 1. The number of nitrogens with one attached hydrogen (secondary N) is 1. The zero-order valence-electron chi connectivity index (χ0n) is 9.21. The molecule has 1 heterocycles. The van der Waals surface area contributed by atoms with Crippen LogP contribution in [0.2, 0.25) is 0 Å². The van der Waals surface area contributed by atoms with E-state index in [-0.39, 0.29) is 10.6 Å². The van der Waals surface area contributed by atoms with E-state index in [1.165, 1.54) is 11.3 Å². The molecule has 0 spiro atoms. The molecule has 0 aliphatic carbocycles. The highest BCUT2D eigenvalue weighted by Crippen LogP contribution is 2.20. The highest BCUT2D eigenvalue weighted by Gasteiger charge is 2.10. The maximum absolute atomic E-state index is 10.8. The molecule has 5 nitrogen and oxygen atoms in total. The summed E-state index contributed by atoms with van der Waals surface area (Å²) in [6, 6.07) is 5.23. The van der Waals surface area contributed by atoms with Crippen LogP contribution in [-0.4, -0.2) is 9.91 Å². The zero-order chi connectivity index (χ0) is 12.3. The Balaban J connectivity index is 2.11. The number of aromatic nitrogens is 1. The quantitative estimate of drug-likeness (QED) is 0.668. The minimum Gasteiger partial charge on any atom is -0.357 e. The predicted molar refractivity (Wildman–Crippen MR) is 67.3 cm³/mol. The highest BCUT2D eigenvalue weighted by atomic mass is 32.1. The fourth-order valence-corrected chi connectivity index (χ4v) is 1.98. The molecule has 0 radical (unpaired) electrons. The molecule has 17 heavy (non-hydrogen) atoms. The topological polar surface area (TPSA) is 68.1 Å². The van der Waals surface area contributed by atoms with Gasteiger partial charge in [-0.05, 0) is 12.5 Å². The molecule has 0 aliphatic heterocycles. The van der Waals surface area contributed by atoms with Crippen molar-refractivity contribution in [2.45, 2.75) is 13.5 Å². The summed E-state index contributed by atoms with van der Waals surface area (Å²) in [7, 11) is 0. The maximum Gasteiger partial charge on any atom is 0.272 e. The summed E-state index contributed by atoms with van der Waals surface area (Å²) < 4.78 is 0. The molecule has 0 aliphatic rings. The number of nitrogens with zero attached hydrogens (tertiary/aromatic N) is 2. The van der Waals surface area contributed by atoms with Gasteiger partial charge in [-0.3, -0.25) is 10.1 Å². The van der Waals surface area contributed by atoms with Gasteiger partial charge in [0, 0.05) is 29.8 Å². The molecular weight excluding hydrogens is 238 g/mol. The summed E-state index contributed by atoms with van der Waals surface area (Å²) in [6.07, 6.45) is 1.71. The van der Waals surface area contributed by atoms with Gasteiger partial charge in [0.15, 0.2) is 5.13 Å². The van der Waals surface area contributed by atoms with Crippen LogP contribution in [0.3, 0.4) is 0 Å². The van der Waals surface area contributed by atoms with Crippen LogP contribution in [0.15, 0.2) is 29.8 Å². The van der Waals surface area contributed by atoms with Gasteiger partial charge in [-0.25, -0.2) is 4.98 Å². The van der Waals surface area contributed by atoms with Crippen molar-refractivity contribution >= 4 is 22.2 Å². The average molecular weight is 249 g/mol. The van der Waals surface area contributed by atoms with Gasteiger partial charge in [0.25, 0.3) is 5.69 Å². The van der Waals surface area contributed by atoms with Crippen LogP contribution < -0.4 is 5.32 Å². The number of thiazole rings is 1. The van der Waals surface area contributed by atoms with Crippen molar-refractivity contribution < 1.29 is 4.92 Å². The summed E-state index contributed by atoms with van der Waals surface area (Å²) in [5.41, 5.74) is 1.70. The number of hydrogen-bond donors (Lipinski definition) is 1. The van der Waals surface area contributed by atoms with Crippen LogP contribution in [-0.2, 0) is 6.54 Å². The van der Waals surface area contributed by atoms with Crippen molar-refractivity contribution in [3.63, 3.8) is 0 Å².